The number of benzene rings is 3. The highest BCUT2D eigenvalue weighted by molar-refractivity contribution is 5.94. The normalized spacial score (nSPS) is 15.6. The third-order valence-corrected chi connectivity index (χ3v) is 9.29. The van der Waals surface area contributed by atoms with E-state index < -0.39 is 29.9 Å². The van der Waals surface area contributed by atoms with Crippen molar-refractivity contribution < 1.29 is 19.2 Å². The lowest BCUT2D eigenvalue weighted by molar-refractivity contribution is -0.139. The Morgan fingerprint density at radius 1 is 0.708 bits per heavy atom. The van der Waals surface area contributed by atoms with Crippen LogP contribution in [-0.4, -0.2) is 69.7 Å². The Labute approximate surface area is 278 Å². The zero-order chi connectivity index (χ0) is 33.6. The average Bonchev–Trinajstić information content (AvgIpc) is 3.71. The Hall–Kier alpha value is -5.42. The lowest BCUT2D eigenvalue weighted by Gasteiger charge is -2.34. The van der Waals surface area contributed by atoms with Gasteiger partial charge in [0.05, 0.1) is 6.04 Å². The van der Waals surface area contributed by atoms with Crippen LogP contribution in [0.25, 0.3) is 21.8 Å². The van der Waals surface area contributed by atoms with Crippen LogP contribution in [-0.2, 0) is 38.4 Å². The van der Waals surface area contributed by atoms with Gasteiger partial charge in [-0.05, 0) is 48.1 Å². The molecule has 5 aromatic rings. The first-order valence-electron chi connectivity index (χ1n) is 16.3. The second kappa shape index (κ2) is 14.6. The molecule has 0 saturated carbocycles. The highest BCUT2D eigenvalue weighted by Crippen LogP contribution is 2.23. The second-order valence-corrected chi connectivity index (χ2v) is 12.5. The molecule has 0 aliphatic carbocycles. The summed E-state index contributed by atoms with van der Waals surface area (Å²) in [4.78, 5) is 61.6. The van der Waals surface area contributed by atoms with Gasteiger partial charge in [0.2, 0.25) is 23.6 Å². The van der Waals surface area contributed by atoms with Gasteiger partial charge in [-0.15, -0.1) is 0 Å². The number of nitrogens with zero attached hydrogens (tertiary/aromatic N) is 1. The van der Waals surface area contributed by atoms with Gasteiger partial charge in [0.25, 0.3) is 0 Å². The summed E-state index contributed by atoms with van der Waals surface area (Å²) in [5, 5.41) is 7.81. The summed E-state index contributed by atoms with van der Waals surface area (Å²) in [6.45, 7) is 0.721. The van der Waals surface area contributed by atoms with Crippen LogP contribution in [0.3, 0.4) is 0 Å². The number of para-hydroxylation sites is 2. The second-order valence-electron chi connectivity index (χ2n) is 12.5. The summed E-state index contributed by atoms with van der Waals surface area (Å²) in [7, 11) is 0. The molecule has 1 fully saturated rings. The number of nitrogens with two attached hydrogens (primary N) is 2. The number of carbonyl (C=O) groups excluding carboxylic acids is 4. The van der Waals surface area contributed by atoms with Crippen LogP contribution in [0.1, 0.15) is 29.5 Å². The van der Waals surface area contributed by atoms with E-state index in [0.29, 0.717) is 25.9 Å². The standard InChI is InChI=1S/C37H41N7O4/c38-29(19-25-21-40-30-12-6-4-10-27(25)30)35(46)42-32(18-23-8-2-1-3-9-23)36(47)43-33(20-26-22-41-31-13-7-5-11-28(26)31)37(48)44-16-14-24(15-17-44)34(39)45/h1-13,21-22,24,29,32-33,40-41H,14-20,38H2,(H2,39,45)(H,42,46)(H,43,47). The van der Waals surface area contributed by atoms with Crippen LogP contribution < -0.4 is 22.1 Å². The first-order valence-corrected chi connectivity index (χ1v) is 16.3. The maximum Gasteiger partial charge on any atom is 0.245 e. The molecular weight excluding hydrogens is 606 g/mol. The van der Waals surface area contributed by atoms with E-state index in [9.17, 15) is 19.2 Å². The molecule has 0 radical (unpaired) electrons. The molecule has 1 saturated heterocycles. The number of primary amides is 1. The lowest BCUT2D eigenvalue weighted by atomic mass is 9.95. The summed E-state index contributed by atoms with van der Waals surface area (Å²) in [5.41, 5.74) is 16.4. The van der Waals surface area contributed by atoms with Crippen LogP contribution in [0.15, 0.2) is 91.3 Å². The van der Waals surface area contributed by atoms with Crippen molar-refractivity contribution in [2.45, 2.75) is 50.2 Å². The van der Waals surface area contributed by atoms with Crippen LogP contribution in [0.2, 0.25) is 0 Å². The SMILES string of the molecule is NC(=O)C1CCN(C(=O)C(Cc2c[nH]c3ccccc23)NC(=O)C(Cc2ccccc2)NC(=O)C(N)Cc2c[nH]c3ccccc23)CC1. The third kappa shape index (κ3) is 7.42. The van der Waals surface area contributed by atoms with Crippen LogP contribution in [0.4, 0.5) is 0 Å². The molecule has 3 atom stereocenters. The summed E-state index contributed by atoms with van der Waals surface area (Å²) in [6.07, 6.45) is 5.35. The fourth-order valence-electron chi connectivity index (χ4n) is 6.57. The zero-order valence-corrected chi connectivity index (χ0v) is 26.7. The van der Waals surface area contributed by atoms with Gasteiger partial charge in [-0.2, -0.15) is 0 Å². The van der Waals surface area contributed by atoms with Gasteiger partial charge in [0.15, 0.2) is 0 Å². The molecule has 4 amide bonds. The van der Waals surface area contributed by atoms with Crippen LogP contribution >= 0.6 is 0 Å². The fraction of sp³-hybridized carbons (Fsp3) is 0.297. The Bertz CT molecular complexity index is 1910. The molecule has 1 aliphatic heterocycles. The van der Waals surface area contributed by atoms with Gasteiger partial charge in [-0.3, -0.25) is 19.2 Å². The Kier molecular flexibility index (Phi) is 9.86. The van der Waals surface area contributed by atoms with Crippen molar-refractivity contribution in [3.63, 3.8) is 0 Å². The minimum Gasteiger partial charge on any atom is -0.369 e. The Balaban J connectivity index is 1.22. The summed E-state index contributed by atoms with van der Waals surface area (Å²) in [5.74, 6) is -1.86. The molecule has 11 nitrogen and oxygen atoms in total. The van der Waals surface area contributed by atoms with Crippen molar-refractivity contribution in [1.29, 1.82) is 0 Å². The zero-order valence-electron chi connectivity index (χ0n) is 26.7. The number of rotatable bonds is 12. The van der Waals surface area contributed by atoms with E-state index in [2.05, 4.69) is 20.6 Å². The monoisotopic (exact) mass is 647 g/mol. The summed E-state index contributed by atoms with van der Waals surface area (Å²) >= 11 is 0. The van der Waals surface area contributed by atoms with E-state index in [-0.39, 0.29) is 37.0 Å². The number of carbonyl (C=O) groups is 4. The summed E-state index contributed by atoms with van der Waals surface area (Å²) in [6, 6.07) is 22.1. The number of amides is 4. The largest absolute Gasteiger partial charge is 0.369 e. The number of H-pyrrole nitrogens is 2. The number of hydrogen-bond acceptors (Lipinski definition) is 5. The smallest absolute Gasteiger partial charge is 0.245 e. The number of aromatic amines is 2. The first kappa shape index (κ1) is 32.5. The van der Waals surface area contributed by atoms with E-state index in [1.807, 2.05) is 91.3 Å². The van der Waals surface area contributed by atoms with Gasteiger partial charge in [0, 0.05) is 66.0 Å². The number of hydrogen-bond donors (Lipinski definition) is 6. The number of aromatic nitrogens is 2. The van der Waals surface area contributed by atoms with Crippen molar-refractivity contribution in [3.8, 4) is 0 Å². The minimum atomic E-state index is -0.993. The molecule has 3 heterocycles. The number of fused-ring (bicyclic) bond motifs is 2. The molecule has 11 heteroatoms. The molecular formula is C37H41N7O4. The van der Waals surface area contributed by atoms with E-state index in [0.717, 1.165) is 38.5 Å². The van der Waals surface area contributed by atoms with Crippen LogP contribution in [0, 0.1) is 5.92 Å². The van der Waals surface area contributed by atoms with Gasteiger partial charge in [-0.25, -0.2) is 0 Å². The third-order valence-electron chi connectivity index (χ3n) is 9.29. The van der Waals surface area contributed by atoms with E-state index in [1.54, 1.807) is 4.90 Å². The predicted octanol–water partition coefficient (Wildman–Crippen LogP) is 2.70. The topological polar surface area (TPSA) is 179 Å². The maximum absolute atomic E-state index is 14.1. The summed E-state index contributed by atoms with van der Waals surface area (Å²) < 4.78 is 0. The van der Waals surface area contributed by atoms with Crippen molar-refractivity contribution in [3.05, 3.63) is 108 Å². The molecule has 1 aliphatic rings. The van der Waals surface area contributed by atoms with Crippen molar-refractivity contribution in [2.24, 2.45) is 17.4 Å². The first-order chi connectivity index (χ1) is 23.3. The van der Waals surface area contributed by atoms with E-state index in [1.165, 1.54) is 0 Å². The number of nitrogens with one attached hydrogen (secondary N) is 4. The highest BCUT2D eigenvalue weighted by atomic mass is 16.2. The fourth-order valence-corrected chi connectivity index (χ4v) is 6.57. The molecule has 8 N–H and O–H groups in total. The predicted molar refractivity (Wildman–Crippen MR) is 184 cm³/mol. The minimum absolute atomic E-state index is 0.205. The molecule has 2 aromatic heterocycles. The average molecular weight is 648 g/mol. The molecule has 48 heavy (non-hydrogen) atoms. The number of piperidine rings is 1. The molecule has 0 spiro atoms. The molecule has 6 rings (SSSR count). The quantitative estimate of drug-likeness (QED) is 0.122. The Morgan fingerprint density at radius 3 is 1.85 bits per heavy atom. The van der Waals surface area contributed by atoms with Crippen molar-refractivity contribution >= 4 is 45.4 Å². The molecule has 248 valence electrons. The Morgan fingerprint density at radius 2 is 1.25 bits per heavy atom. The van der Waals surface area contributed by atoms with Crippen LogP contribution in [0.5, 0.6) is 0 Å². The number of likely N-dealkylation sites (tertiary alicyclic amines) is 1. The van der Waals surface area contributed by atoms with Gasteiger partial charge >= 0.3 is 0 Å². The van der Waals surface area contributed by atoms with Gasteiger partial charge < -0.3 is 37.0 Å². The van der Waals surface area contributed by atoms with Crippen molar-refractivity contribution in [1.82, 2.24) is 25.5 Å². The lowest BCUT2D eigenvalue weighted by Crippen LogP contribution is -2.58. The maximum atomic E-state index is 14.1. The molecule has 3 unspecified atom stereocenters. The molecule has 0 bridgehead atoms. The van der Waals surface area contributed by atoms with Gasteiger partial charge in [0.1, 0.15) is 12.1 Å². The molecule has 3 aromatic carbocycles. The highest BCUT2D eigenvalue weighted by Gasteiger charge is 2.34. The van der Waals surface area contributed by atoms with E-state index >= 15 is 0 Å². The van der Waals surface area contributed by atoms with E-state index in [4.69, 9.17) is 11.5 Å². The van der Waals surface area contributed by atoms with Gasteiger partial charge in [-0.1, -0.05) is 66.7 Å². The van der Waals surface area contributed by atoms with Crippen molar-refractivity contribution in [2.75, 3.05) is 13.1 Å².